The van der Waals surface area contributed by atoms with Gasteiger partial charge >= 0.3 is 0 Å². The van der Waals surface area contributed by atoms with E-state index in [0.29, 0.717) is 0 Å². The highest BCUT2D eigenvalue weighted by molar-refractivity contribution is 5.49. The molecule has 1 heteroatoms. The van der Waals surface area contributed by atoms with Crippen LogP contribution in [-0.4, -0.2) is 6.29 Å². The first-order valence-corrected chi connectivity index (χ1v) is 8.93. The fraction of sp³-hybridized carbons (Fsp3) is 0.842. The Hall–Kier alpha value is -0.590. The number of allylic oxidation sites excluding steroid dienone is 2. The lowest BCUT2D eigenvalue weighted by Gasteiger charge is -2.28. The van der Waals surface area contributed by atoms with Crippen molar-refractivity contribution < 1.29 is 4.79 Å². The van der Waals surface area contributed by atoms with E-state index in [1.807, 2.05) is 0 Å². The maximum Gasteiger partial charge on any atom is 0.120 e. The van der Waals surface area contributed by atoms with Crippen molar-refractivity contribution >= 4 is 6.29 Å². The molecule has 2 aliphatic rings. The van der Waals surface area contributed by atoms with Crippen molar-refractivity contribution in [2.24, 2.45) is 23.7 Å². The van der Waals surface area contributed by atoms with Crippen LogP contribution in [-0.2, 0) is 4.79 Å². The second-order valence-corrected chi connectivity index (χ2v) is 7.10. The van der Waals surface area contributed by atoms with E-state index in [9.17, 15) is 4.79 Å². The van der Waals surface area contributed by atoms with Crippen LogP contribution in [0.1, 0.15) is 77.6 Å². The maximum absolute atomic E-state index is 10.4. The molecule has 0 spiro atoms. The van der Waals surface area contributed by atoms with Gasteiger partial charge in [0.2, 0.25) is 0 Å². The summed E-state index contributed by atoms with van der Waals surface area (Å²) < 4.78 is 0. The molecule has 0 N–H and O–H groups in total. The molecular formula is C19H32O. The van der Waals surface area contributed by atoms with E-state index in [2.05, 4.69) is 19.1 Å². The van der Waals surface area contributed by atoms with Crippen LogP contribution in [0, 0.1) is 23.7 Å². The number of hydrogen-bond acceptors (Lipinski definition) is 1. The number of aldehydes is 1. The van der Waals surface area contributed by atoms with Gasteiger partial charge in [-0.1, -0.05) is 25.5 Å². The van der Waals surface area contributed by atoms with E-state index in [4.69, 9.17) is 0 Å². The summed E-state index contributed by atoms with van der Waals surface area (Å²) in [4.78, 5) is 10.4. The standard InChI is InChI=1S/C19H32O/c1-2-16-5-7-18(8-6-16)13-14-19-11-9-17(10-12-19)4-3-15-20/h13-19H,2-12H2,1H3/b14-13+. The summed E-state index contributed by atoms with van der Waals surface area (Å²) in [6.07, 6.45) is 20.6. The molecule has 2 rings (SSSR count). The Kier molecular flexibility index (Phi) is 6.82. The van der Waals surface area contributed by atoms with Crippen LogP contribution in [0.15, 0.2) is 12.2 Å². The molecule has 0 unspecified atom stereocenters. The molecule has 0 aromatic heterocycles. The lowest BCUT2D eigenvalue weighted by molar-refractivity contribution is -0.108. The average Bonchev–Trinajstić information content (AvgIpc) is 2.52. The van der Waals surface area contributed by atoms with Crippen molar-refractivity contribution in [1.29, 1.82) is 0 Å². The molecule has 1 nitrogen and oxygen atoms in total. The first kappa shape index (κ1) is 15.8. The molecule has 0 aromatic carbocycles. The van der Waals surface area contributed by atoms with Crippen LogP contribution in [0.4, 0.5) is 0 Å². The predicted molar refractivity (Wildman–Crippen MR) is 85.6 cm³/mol. The molecule has 0 bridgehead atoms. The van der Waals surface area contributed by atoms with Gasteiger partial charge in [0.05, 0.1) is 0 Å². The molecule has 0 heterocycles. The van der Waals surface area contributed by atoms with Crippen molar-refractivity contribution in [1.82, 2.24) is 0 Å². The van der Waals surface area contributed by atoms with Crippen LogP contribution in [0.2, 0.25) is 0 Å². The first-order chi connectivity index (χ1) is 9.81. The lowest BCUT2D eigenvalue weighted by Crippen LogP contribution is -2.15. The third kappa shape index (κ3) is 5.07. The zero-order chi connectivity index (χ0) is 14.2. The van der Waals surface area contributed by atoms with Crippen molar-refractivity contribution in [3.63, 3.8) is 0 Å². The summed E-state index contributed by atoms with van der Waals surface area (Å²) in [5, 5.41) is 0. The van der Waals surface area contributed by atoms with Gasteiger partial charge in [-0.05, 0) is 81.5 Å². The van der Waals surface area contributed by atoms with Gasteiger partial charge in [0.1, 0.15) is 6.29 Å². The molecule has 2 fully saturated rings. The molecule has 20 heavy (non-hydrogen) atoms. The monoisotopic (exact) mass is 276 g/mol. The zero-order valence-electron chi connectivity index (χ0n) is 13.2. The highest BCUT2D eigenvalue weighted by atomic mass is 16.1. The van der Waals surface area contributed by atoms with Gasteiger partial charge in [0.25, 0.3) is 0 Å². The van der Waals surface area contributed by atoms with Crippen molar-refractivity contribution in [2.45, 2.75) is 77.6 Å². The third-order valence-corrected chi connectivity index (χ3v) is 5.71. The van der Waals surface area contributed by atoms with Gasteiger partial charge in [-0.2, -0.15) is 0 Å². The topological polar surface area (TPSA) is 17.1 Å². The summed E-state index contributed by atoms with van der Waals surface area (Å²) in [6, 6.07) is 0. The van der Waals surface area contributed by atoms with E-state index < -0.39 is 0 Å². The van der Waals surface area contributed by atoms with Crippen LogP contribution in [0.5, 0.6) is 0 Å². The van der Waals surface area contributed by atoms with E-state index in [-0.39, 0.29) is 0 Å². The Morgan fingerprint density at radius 3 is 1.75 bits per heavy atom. The maximum atomic E-state index is 10.4. The SMILES string of the molecule is CCC1CCC(/C=C/C2CCC(CCC=O)CC2)CC1. The molecule has 0 aliphatic heterocycles. The number of carbonyl (C=O) groups is 1. The Morgan fingerprint density at radius 1 is 0.800 bits per heavy atom. The molecule has 0 amide bonds. The molecule has 114 valence electrons. The van der Waals surface area contributed by atoms with Crippen LogP contribution in [0.25, 0.3) is 0 Å². The summed E-state index contributed by atoms with van der Waals surface area (Å²) in [5.74, 6) is 3.52. The third-order valence-electron chi connectivity index (χ3n) is 5.71. The molecule has 0 saturated heterocycles. The average molecular weight is 276 g/mol. The minimum atomic E-state index is 0.770. The fourth-order valence-electron chi connectivity index (χ4n) is 4.08. The lowest BCUT2D eigenvalue weighted by atomic mass is 9.78. The number of hydrogen-bond donors (Lipinski definition) is 0. The highest BCUT2D eigenvalue weighted by Crippen LogP contribution is 2.34. The minimum Gasteiger partial charge on any atom is -0.303 e. The van der Waals surface area contributed by atoms with E-state index in [1.165, 1.54) is 57.8 Å². The summed E-state index contributed by atoms with van der Waals surface area (Å²) in [7, 11) is 0. The Balaban J connectivity index is 1.65. The Labute approximate surface area is 125 Å². The van der Waals surface area contributed by atoms with Crippen molar-refractivity contribution in [3.8, 4) is 0 Å². The van der Waals surface area contributed by atoms with Crippen molar-refractivity contribution in [2.75, 3.05) is 0 Å². The Bertz CT molecular complexity index is 291. The molecular weight excluding hydrogens is 244 g/mol. The van der Waals surface area contributed by atoms with Gasteiger partial charge in [0, 0.05) is 6.42 Å². The largest absolute Gasteiger partial charge is 0.303 e. The van der Waals surface area contributed by atoms with E-state index in [1.54, 1.807) is 0 Å². The summed E-state index contributed by atoms with van der Waals surface area (Å²) in [5.41, 5.74) is 0. The summed E-state index contributed by atoms with van der Waals surface area (Å²) in [6.45, 7) is 2.34. The van der Waals surface area contributed by atoms with Gasteiger partial charge < -0.3 is 4.79 Å². The quantitative estimate of drug-likeness (QED) is 0.459. The fourth-order valence-corrected chi connectivity index (χ4v) is 4.08. The van der Waals surface area contributed by atoms with Crippen LogP contribution < -0.4 is 0 Å². The van der Waals surface area contributed by atoms with Crippen LogP contribution in [0.3, 0.4) is 0 Å². The van der Waals surface area contributed by atoms with Gasteiger partial charge in [-0.25, -0.2) is 0 Å². The molecule has 0 atom stereocenters. The van der Waals surface area contributed by atoms with Gasteiger partial charge in [-0.3, -0.25) is 0 Å². The van der Waals surface area contributed by atoms with Crippen molar-refractivity contribution in [3.05, 3.63) is 12.2 Å². The number of carbonyl (C=O) groups excluding carboxylic acids is 1. The predicted octanol–water partition coefficient (Wildman–Crippen LogP) is 5.54. The summed E-state index contributed by atoms with van der Waals surface area (Å²) >= 11 is 0. The van der Waals surface area contributed by atoms with Gasteiger partial charge in [0.15, 0.2) is 0 Å². The first-order valence-electron chi connectivity index (χ1n) is 8.93. The molecule has 0 radical (unpaired) electrons. The van der Waals surface area contributed by atoms with Crippen LogP contribution >= 0.6 is 0 Å². The minimum absolute atomic E-state index is 0.770. The highest BCUT2D eigenvalue weighted by Gasteiger charge is 2.21. The second kappa shape index (κ2) is 8.64. The smallest absolute Gasteiger partial charge is 0.120 e. The Morgan fingerprint density at radius 2 is 1.30 bits per heavy atom. The normalized spacial score (nSPS) is 35.2. The van der Waals surface area contributed by atoms with E-state index in [0.717, 1.165) is 42.8 Å². The zero-order valence-corrected chi connectivity index (χ0v) is 13.2. The molecule has 0 aromatic rings. The molecule has 2 aliphatic carbocycles. The number of rotatable bonds is 6. The van der Waals surface area contributed by atoms with E-state index >= 15 is 0 Å². The second-order valence-electron chi connectivity index (χ2n) is 7.10. The van der Waals surface area contributed by atoms with Gasteiger partial charge in [-0.15, -0.1) is 0 Å². The molecule has 2 saturated carbocycles.